The highest BCUT2D eigenvalue weighted by molar-refractivity contribution is 6.62. The molecule has 0 spiro atoms. The van der Waals surface area contributed by atoms with E-state index < -0.39 is 7.12 Å². The van der Waals surface area contributed by atoms with Gasteiger partial charge in [-0.2, -0.15) is 0 Å². The fourth-order valence-electron chi connectivity index (χ4n) is 4.02. The molecule has 2 saturated heterocycles. The monoisotopic (exact) mass is 406 g/mol. The molecule has 1 aromatic carbocycles. The third kappa shape index (κ3) is 3.19. The van der Waals surface area contributed by atoms with Crippen LogP contribution in [-0.2, 0) is 14.0 Å². The van der Waals surface area contributed by atoms with Crippen LogP contribution in [0.1, 0.15) is 27.7 Å². The van der Waals surface area contributed by atoms with Gasteiger partial charge in [0.15, 0.2) is 0 Å². The molecule has 0 amide bonds. The second-order valence-corrected chi connectivity index (χ2v) is 8.94. The van der Waals surface area contributed by atoms with Crippen molar-refractivity contribution in [3.63, 3.8) is 0 Å². The van der Waals surface area contributed by atoms with E-state index in [0.717, 1.165) is 46.5 Å². The van der Waals surface area contributed by atoms with E-state index in [2.05, 4.69) is 65.7 Å². The van der Waals surface area contributed by atoms with E-state index in [4.69, 9.17) is 14.0 Å². The normalized spacial score (nSPS) is 20.8. The number of nitrogens with zero attached hydrogens (tertiary/aromatic N) is 3. The van der Waals surface area contributed by atoms with Gasteiger partial charge in [0, 0.05) is 24.8 Å². The maximum Gasteiger partial charge on any atom is 0.494 e. The first-order chi connectivity index (χ1) is 14.4. The summed E-state index contributed by atoms with van der Waals surface area (Å²) in [6.45, 7) is 11.4. The van der Waals surface area contributed by atoms with E-state index in [1.807, 2.05) is 12.3 Å². The summed E-state index contributed by atoms with van der Waals surface area (Å²) in [4.78, 5) is 14.6. The molecule has 5 rings (SSSR count). The van der Waals surface area contributed by atoms with Crippen LogP contribution in [0.5, 0.6) is 0 Å². The van der Waals surface area contributed by atoms with Crippen molar-refractivity contribution >= 4 is 29.4 Å². The number of hydrogen-bond donors (Lipinski definition) is 1. The van der Waals surface area contributed by atoms with Crippen molar-refractivity contribution in [3.05, 3.63) is 36.8 Å². The van der Waals surface area contributed by atoms with Crippen LogP contribution in [0.3, 0.4) is 0 Å². The van der Waals surface area contributed by atoms with E-state index in [9.17, 15) is 0 Å². The zero-order valence-corrected chi connectivity index (χ0v) is 17.9. The van der Waals surface area contributed by atoms with Crippen molar-refractivity contribution in [1.82, 2.24) is 15.0 Å². The summed E-state index contributed by atoms with van der Waals surface area (Å²) in [6, 6.07) is 8.35. The van der Waals surface area contributed by atoms with Crippen molar-refractivity contribution in [1.29, 1.82) is 0 Å². The molecule has 2 aliphatic rings. The SMILES string of the molecule is CC1(C)OB(c2cccc(-c3c[nH]c4ncnc(N5CCOCC5)c34)c2)OC1(C)C. The van der Waals surface area contributed by atoms with Crippen LogP contribution in [0.25, 0.3) is 22.2 Å². The Morgan fingerprint density at radius 2 is 1.77 bits per heavy atom. The molecule has 156 valence electrons. The zero-order valence-electron chi connectivity index (χ0n) is 17.9. The molecule has 0 radical (unpaired) electrons. The van der Waals surface area contributed by atoms with Crippen LogP contribution in [0.2, 0.25) is 0 Å². The third-order valence-corrected chi connectivity index (χ3v) is 6.48. The number of morpholine rings is 1. The van der Waals surface area contributed by atoms with Gasteiger partial charge in [0.2, 0.25) is 0 Å². The number of aromatic amines is 1. The van der Waals surface area contributed by atoms with Crippen LogP contribution in [0.15, 0.2) is 36.8 Å². The Bertz CT molecular complexity index is 1060. The Morgan fingerprint density at radius 1 is 1.03 bits per heavy atom. The molecule has 30 heavy (non-hydrogen) atoms. The number of rotatable bonds is 3. The standard InChI is InChI=1S/C22H27BN4O3/c1-21(2)22(3,4)30-23(29-21)16-7-5-6-15(12-16)17-13-24-19-18(17)20(26-14-25-19)27-8-10-28-11-9-27/h5-7,12-14H,8-11H2,1-4H3,(H,24,25,26). The molecule has 0 unspecified atom stereocenters. The topological polar surface area (TPSA) is 72.5 Å². The summed E-state index contributed by atoms with van der Waals surface area (Å²) >= 11 is 0. The smallest absolute Gasteiger partial charge is 0.399 e. The van der Waals surface area contributed by atoms with Crippen molar-refractivity contribution in [2.24, 2.45) is 0 Å². The van der Waals surface area contributed by atoms with Gasteiger partial charge in [-0.15, -0.1) is 0 Å². The molecule has 0 atom stereocenters. The minimum atomic E-state index is -0.393. The second-order valence-electron chi connectivity index (χ2n) is 8.94. The van der Waals surface area contributed by atoms with Gasteiger partial charge in [-0.1, -0.05) is 24.3 Å². The Kier molecular flexibility index (Phi) is 4.61. The molecule has 2 aromatic heterocycles. The number of benzene rings is 1. The number of anilines is 1. The van der Waals surface area contributed by atoms with Gasteiger partial charge in [0.25, 0.3) is 0 Å². The van der Waals surface area contributed by atoms with Crippen LogP contribution in [0, 0.1) is 0 Å². The van der Waals surface area contributed by atoms with Gasteiger partial charge in [0.1, 0.15) is 17.8 Å². The van der Waals surface area contributed by atoms with Gasteiger partial charge >= 0.3 is 7.12 Å². The van der Waals surface area contributed by atoms with Crippen molar-refractivity contribution < 1.29 is 14.0 Å². The number of fused-ring (bicyclic) bond motifs is 1. The van der Waals surface area contributed by atoms with E-state index in [1.54, 1.807) is 6.33 Å². The maximum atomic E-state index is 6.25. The highest BCUT2D eigenvalue weighted by Gasteiger charge is 2.51. The Morgan fingerprint density at radius 3 is 2.50 bits per heavy atom. The van der Waals surface area contributed by atoms with Crippen LogP contribution in [-0.4, -0.2) is 59.6 Å². The predicted octanol–water partition coefficient (Wildman–Crippen LogP) is 2.76. The lowest BCUT2D eigenvalue weighted by Crippen LogP contribution is -2.41. The van der Waals surface area contributed by atoms with Gasteiger partial charge in [-0.25, -0.2) is 9.97 Å². The fourth-order valence-corrected chi connectivity index (χ4v) is 4.02. The van der Waals surface area contributed by atoms with Gasteiger partial charge in [-0.3, -0.25) is 0 Å². The van der Waals surface area contributed by atoms with Crippen molar-refractivity contribution in [2.75, 3.05) is 31.2 Å². The third-order valence-electron chi connectivity index (χ3n) is 6.48. The maximum absolute atomic E-state index is 6.25. The van der Waals surface area contributed by atoms with E-state index >= 15 is 0 Å². The first kappa shape index (κ1) is 19.5. The van der Waals surface area contributed by atoms with Crippen molar-refractivity contribution in [3.8, 4) is 11.1 Å². The summed E-state index contributed by atoms with van der Waals surface area (Å²) in [5.74, 6) is 0.945. The summed E-state index contributed by atoms with van der Waals surface area (Å²) in [6.07, 6.45) is 3.63. The largest absolute Gasteiger partial charge is 0.494 e. The summed E-state index contributed by atoms with van der Waals surface area (Å²) in [5.41, 5.74) is 3.26. The summed E-state index contributed by atoms with van der Waals surface area (Å²) in [5, 5.41) is 1.03. The molecule has 3 aromatic rings. The highest BCUT2D eigenvalue weighted by atomic mass is 16.7. The molecule has 2 aliphatic heterocycles. The molecule has 4 heterocycles. The molecule has 2 fully saturated rings. The number of aromatic nitrogens is 3. The van der Waals surface area contributed by atoms with Crippen LogP contribution in [0.4, 0.5) is 5.82 Å². The number of nitrogens with one attached hydrogen (secondary N) is 1. The minimum absolute atomic E-state index is 0.369. The Balaban J connectivity index is 1.55. The van der Waals surface area contributed by atoms with E-state index in [1.165, 1.54) is 0 Å². The molecule has 7 nitrogen and oxygen atoms in total. The van der Waals surface area contributed by atoms with Crippen molar-refractivity contribution in [2.45, 2.75) is 38.9 Å². The van der Waals surface area contributed by atoms with Gasteiger partial charge in [-0.05, 0) is 38.7 Å². The fraction of sp³-hybridized carbons (Fsp3) is 0.455. The van der Waals surface area contributed by atoms with Gasteiger partial charge < -0.3 is 23.9 Å². The Labute approximate surface area is 176 Å². The summed E-state index contributed by atoms with van der Waals surface area (Å²) < 4.78 is 18.0. The lowest BCUT2D eigenvalue weighted by Gasteiger charge is -2.32. The predicted molar refractivity (Wildman–Crippen MR) is 118 cm³/mol. The molecule has 0 bridgehead atoms. The molecular formula is C22H27BN4O3. The van der Waals surface area contributed by atoms with Crippen LogP contribution >= 0.6 is 0 Å². The highest BCUT2D eigenvalue weighted by Crippen LogP contribution is 2.37. The second kappa shape index (κ2) is 7.08. The average molecular weight is 406 g/mol. The zero-order chi connectivity index (χ0) is 20.9. The molecule has 1 N–H and O–H groups in total. The average Bonchev–Trinajstić information content (AvgIpc) is 3.26. The first-order valence-corrected chi connectivity index (χ1v) is 10.5. The molecule has 0 saturated carbocycles. The first-order valence-electron chi connectivity index (χ1n) is 10.5. The molecule has 0 aliphatic carbocycles. The van der Waals surface area contributed by atoms with E-state index in [0.29, 0.717) is 13.2 Å². The van der Waals surface area contributed by atoms with E-state index in [-0.39, 0.29) is 11.2 Å². The molecular weight excluding hydrogens is 379 g/mol. The molecule has 8 heteroatoms. The number of hydrogen-bond acceptors (Lipinski definition) is 6. The van der Waals surface area contributed by atoms with Crippen LogP contribution < -0.4 is 10.4 Å². The number of ether oxygens (including phenoxy) is 1. The summed E-state index contributed by atoms with van der Waals surface area (Å²) in [7, 11) is -0.393. The quantitative estimate of drug-likeness (QED) is 0.675. The minimum Gasteiger partial charge on any atom is -0.399 e. The lowest BCUT2D eigenvalue weighted by molar-refractivity contribution is 0.00578. The Hall–Kier alpha value is -2.42. The van der Waals surface area contributed by atoms with Gasteiger partial charge in [0.05, 0.1) is 29.8 Å². The number of H-pyrrole nitrogens is 1. The lowest BCUT2D eigenvalue weighted by atomic mass is 9.78.